The van der Waals surface area contributed by atoms with Crippen LogP contribution in [0, 0.1) is 13.3 Å². The smallest absolute Gasteiger partial charge is 0.109 e. The minimum absolute atomic E-state index is 0. The molecule has 0 bridgehead atoms. The van der Waals surface area contributed by atoms with Gasteiger partial charge in [0.2, 0.25) is 0 Å². The quantitative estimate of drug-likeness (QED) is 0.271. The summed E-state index contributed by atoms with van der Waals surface area (Å²) in [6.45, 7) is 12.0. The maximum absolute atomic E-state index is 3.78. The molecule has 7 heterocycles. The van der Waals surface area contributed by atoms with Crippen LogP contribution in [0.3, 0.4) is 0 Å². The number of halogens is 4. The van der Waals surface area contributed by atoms with Crippen LogP contribution in [0.2, 0.25) is 0 Å². The van der Waals surface area contributed by atoms with E-state index in [2.05, 4.69) is 136 Å². The van der Waals surface area contributed by atoms with Crippen molar-refractivity contribution < 1.29 is 69.7 Å². The van der Waals surface area contributed by atoms with Crippen LogP contribution in [0.1, 0.15) is 20.3 Å². The van der Waals surface area contributed by atoms with Crippen LogP contribution in [-0.2, 0) is 27.2 Å². The van der Waals surface area contributed by atoms with Crippen LogP contribution < -0.4 is 49.6 Å². The molecule has 0 saturated carbocycles. The molecule has 50 heavy (non-hydrogen) atoms. The van der Waals surface area contributed by atoms with Crippen LogP contribution in [0.5, 0.6) is 0 Å². The molecular formula is C31H54Cl4IrN14-6. The molecule has 0 spiro atoms. The zero-order chi connectivity index (χ0) is 32.8. The predicted octanol–water partition coefficient (Wildman–Crippen LogP) is -9.07. The van der Waals surface area contributed by atoms with Crippen molar-refractivity contribution in [1.82, 2.24) is 69.0 Å². The molecule has 19 heteroatoms. The van der Waals surface area contributed by atoms with E-state index in [4.69, 9.17) is 0 Å². The topological polar surface area (TPSA) is 56.7 Å². The van der Waals surface area contributed by atoms with Crippen LogP contribution in [0.15, 0.2) is 93.1 Å². The third kappa shape index (κ3) is 17.8. The number of rotatable bonds is 3. The maximum Gasteiger partial charge on any atom is 0.109 e. The van der Waals surface area contributed by atoms with E-state index >= 15 is 0 Å². The number of nitrogens with zero attached hydrogens (tertiary/aromatic N) is 14. The van der Waals surface area contributed by atoms with Gasteiger partial charge in [0.15, 0.2) is 0 Å². The van der Waals surface area contributed by atoms with Crippen LogP contribution in [0.25, 0.3) is 0 Å². The Kier molecular flexibility index (Phi) is 27.6. The van der Waals surface area contributed by atoms with Gasteiger partial charge in [-0.3, -0.25) is 20.0 Å². The third-order valence-corrected chi connectivity index (χ3v) is 6.52. The molecule has 1 aromatic heterocycles. The van der Waals surface area contributed by atoms with Crippen molar-refractivity contribution in [3.05, 3.63) is 106 Å². The molecule has 14 nitrogen and oxygen atoms in total. The van der Waals surface area contributed by atoms with E-state index in [1.807, 2.05) is 89.9 Å². The average Bonchev–Trinajstić information content (AvgIpc) is 3.82. The molecule has 0 N–H and O–H groups in total. The van der Waals surface area contributed by atoms with Crippen LogP contribution in [-0.4, -0.2) is 138 Å². The molecule has 0 fully saturated rings. The van der Waals surface area contributed by atoms with Crippen LogP contribution in [0.4, 0.5) is 0 Å². The summed E-state index contributed by atoms with van der Waals surface area (Å²) in [6, 6.07) is 0. The number of imidazole rings is 1. The molecule has 1 aromatic rings. The van der Waals surface area contributed by atoms with Gasteiger partial charge in [-0.15, -0.1) is 13.3 Å². The van der Waals surface area contributed by atoms with Crippen molar-refractivity contribution in [2.75, 3.05) is 69.0 Å². The summed E-state index contributed by atoms with van der Waals surface area (Å²) in [7, 11) is 14.2. The Balaban J connectivity index is -0.000000566. The first kappa shape index (κ1) is 51.4. The minimum Gasteiger partial charge on any atom is -1.00 e. The molecule has 0 aromatic carbocycles. The fourth-order valence-electron chi connectivity index (χ4n) is 4.19. The fourth-order valence-corrected chi connectivity index (χ4v) is 4.19. The molecule has 6 aliphatic rings. The van der Waals surface area contributed by atoms with Gasteiger partial charge >= 0.3 is 0 Å². The van der Waals surface area contributed by atoms with Gasteiger partial charge in [0.25, 0.3) is 0 Å². The van der Waals surface area contributed by atoms with Crippen molar-refractivity contribution in [2.24, 2.45) is 7.05 Å². The number of hydrogen-bond acceptors (Lipinski definition) is 13. The number of hydrogen-bond donors (Lipinski definition) is 0. The first-order valence-corrected chi connectivity index (χ1v) is 15.2. The second kappa shape index (κ2) is 26.8. The van der Waals surface area contributed by atoms with Gasteiger partial charge in [0.1, 0.15) is 26.7 Å². The molecule has 6 aliphatic heterocycles. The second-order valence-electron chi connectivity index (χ2n) is 11.4. The zero-order valence-corrected chi connectivity index (χ0v) is 35.9. The summed E-state index contributed by atoms with van der Waals surface area (Å²) in [4.78, 5) is 16.4. The molecular weight excluding hydrogens is 902 g/mol. The summed E-state index contributed by atoms with van der Waals surface area (Å²) in [5, 5.41) is 12.7. The summed E-state index contributed by atoms with van der Waals surface area (Å²) in [5.74, 6) is 0. The van der Waals surface area contributed by atoms with Crippen LogP contribution >= 0.6 is 0 Å². The number of hydrazine groups is 3. The fraction of sp³-hybridized carbons (Fsp3) is 0.452. The van der Waals surface area contributed by atoms with Gasteiger partial charge in [-0.25, -0.2) is 4.98 Å². The number of aromatic nitrogens is 2. The predicted molar refractivity (Wildman–Crippen MR) is 180 cm³/mol. The SMILES string of the molecule is CCC.CN1C=CN(N2C=CN(C)C2)C1.CN1C=CN(N2C=CN(C)C2)C1.CN1C=CN(N2C=CN(C)[CH-]2)[CH-]1.Cn1ccnc1.[Cl-].[Cl-].[Cl-].[Cl-].[Ir]. The summed E-state index contributed by atoms with van der Waals surface area (Å²) >= 11 is 0. The summed E-state index contributed by atoms with van der Waals surface area (Å²) in [6.07, 6.45) is 31.3. The molecule has 1 radical (unpaired) electrons. The third-order valence-electron chi connectivity index (χ3n) is 6.52. The standard InChI is InChI=1S/2C8H14N4.C8H12N4.C4H6N2.C3H8.4ClH.Ir/c3*1-9-3-5-11(7-9)12-6-4-10(2)8-12;1-6-3-2-5-4-6;1-3-2;;;;;/h2*3-6H,7-8H2,1-2H3;3-8H,1-2H3;2-4H,1H3;3H2,1-2H3;4*1H;/q;;-2;;;;;;;/p-4. The largest absolute Gasteiger partial charge is 1.00 e. The minimum atomic E-state index is 0. The molecule has 0 aliphatic carbocycles. The van der Waals surface area contributed by atoms with E-state index in [1.165, 1.54) is 6.42 Å². The first-order chi connectivity index (χ1) is 21.6. The Morgan fingerprint density at radius 1 is 0.480 bits per heavy atom. The van der Waals surface area contributed by atoms with Gasteiger partial charge in [-0.05, 0) is 26.5 Å². The Morgan fingerprint density at radius 3 is 0.920 bits per heavy atom. The van der Waals surface area contributed by atoms with Gasteiger partial charge in [0.05, 0.1) is 6.33 Å². The molecule has 291 valence electrons. The van der Waals surface area contributed by atoms with Crippen molar-refractivity contribution >= 4 is 0 Å². The van der Waals surface area contributed by atoms with E-state index in [1.54, 1.807) is 12.5 Å². The maximum atomic E-state index is 3.78. The molecule has 7 rings (SSSR count). The van der Waals surface area contributed by atoms with Crippen molar-refractivity contribution in [2.45, 2.75) is 20.3 Å². The van der Waals surface area contributed by atoms with E-state index in [-0.39, 0.29) is 69.7 Å². The first-order valence-electron chi connectivity index (χ1n) is 15.2. The Labute approximate surface area is 339 Å². The van der Waals surface area contributed by atoms with Crippen molar-refractivity contribution in [1.29, 1.82) is 0 Å². The van der Waals surface area contributed by atoms with Crippen molar-refractivity contribution in [3.63, 3.8) is 0 Å². The summed E-state index contributed by atoms with van der Waals surface area (Å²) in [5.41, 5.74) is 0. The van der Waals surface area contributed by atoms with E-state index in [0.717, 1.165) is 26.7 Å². The second-order valence-corrected chi connectivity index (χ2v) is 11.4. The van der Waals surface area contributed by atoms with E-state index < -0.39 is 0 Å². The summed E-state index contributed by atoms with van der Waals surface area (Å²) < 4.78 is 1.89. The zero-order valence-electron chi connectivity index (χ0n) is 30.5. The van der Waals surface area contributed by atoms with Gasteiger partial charge < -0.3 is 93.6 Å². The average molecular weight is 957 g/mol. The molecule has 0 amide bonds. The van der Waals surface area contributed by atoms with Gasteiger partial charge in [0, 0.05) is 130 Å². The molecule has 0 atom stereocenters. The Bertz CT molecular complexity index is 986. The number of aryl methyl sites for hydroxylation is 1. The van der Waals surface area contributed by atoms with Gasteiger partial charge in [-0.2, -0.15) is 0 Å². The Morgan fingerprint density at radius 2 is 0.780 bits per heavy atom. The van der Waals surface area contributed by atoms with E-state index in [9.17, 15) is 0 Å². The normalized spacial score (nSPS) is 17.1. The monoisotopic (exact) mass is 955 g/mol. The molecule has 0 saturated heterocycles. The van der Waals surface area contributed by atoms with Crippen molar-refractivity contribution in [3.8, 4) is 0 Å². The molecule has 0 unspecified atom stereocenters. The Hall–Kier alpha value is -2.94. The van der Waals surface area contributed by atoms with E-state index in [0.29, 0.717) is 0 Å². The van der Waals surface area contributed by atoms with Gasteiger partial charge in [-0.1, -0.05) is 20.3 Å².